The summed E-state index contributed by atoms with van der Waals surface area (Å²) >= 11 is 0. The topological polar surface area (TPSA) is 13.0 Å². The summed E-state index contributed by atoms with van der Waals surface area (Å²) in [5, 5.41) is 0. The molecule has 0 N–H and O–H groups in total. The van der Waals surface area contributed by atoms with Crippen LogP contribution in [0.15, 0.2) is 97.1 Å². The van der Waals surface area contributed by atoms with Gasteiger partial charge in [-0.3, -0.25) is 0 Å². The van der Waals surface area contributed by atoms with Gasteiger partial charge in [-0.2, -0.15) is 72.8 Å². The number of hydrogen-bond acceptors (Lipinski definition) is 4. The summed E-state index contributed by atoms with van der Waals surface area (Å²) in [6.07, 6.45) is 0. The maximum Gasteiger partial charge on any atom is 0.0124 e. The van der Waals surface area contributed by atoms with E-state index in [2.05, 4.69) is 96.1 Å². The Bertz CT molecular complexity index is 975. The largest absolute Gasteiger partial charge is 0.399 e. The van der Waals surface area contributed by atoms with Gasteiger partial charge in [0.15, 0.2) is 0 Å². The van der Waals surface area contributed by atoms with Gasteiger partial charge in [-0.25, -0.2) is 0 Å². The Morgan fingerprint density at radius 2 is 0.600 bits per heavy atom. The molecule has 4 aromatic carbocycles. The SMILES string of the molecule is CCN(C)c1cc[c-]cc1.CCN(C)c1cc[c-]cc1.CN(C)c1cc[c-]cc1.CN(C)c1cc[c-]cc1.[Y].[Y]. The second-order valence-electron chi connectivity index (χ2n) is 8.85. The Morgan fingerprint density at radius 3 is 0.750 bits per heavy atom. The zero-order valence-electron chi connectivity index (χ0n) is 25.6. The summed E-state index contributed by atoms with van der Waals surface area (Å²) in [5.41, 5.74) is 4.94. The van der Waals surface area contributed by atoms with Crippen LogP contribution in [-0.4, -0.2) is 55.4 Å². The van der Waals surface area contributed by atoms with E-state index in [1.807, 2.05) is 101 Å². The molecule has 0 spiro atoms. The molecule has 4 aromatic rings. The molecule has 210 valence electrons. The fourth-order valence-corrected chi connectivity index (χ4v) is 2.98. The Kier molecular flexibility index (Phi) is 25.3. The fourth-order valence-electron chi connectivity index (χ4n) is 2.98. The first-order valence-electron chi connectivity index (χ1n) is 12.9. The van der Waals surface area contributed by atoms with Gasteiger partial charge in [0.05, 0.1) is 0 Å². The average molecular weight is 687 g/mol. The van der Waals surface area contributed by atoms with Crippen LogP contribution in [0.4, 0.5) is 22.7 Å². The van der Waals surface area contributed by atoms with E-state index in [-0.39, 0.29) is 65.4 Å². The zero-order valence-corrected chi connectivity index (χ0v) is 31.3. The summed E-state index contributed by atoms with van der Waals surface area (Å²) in [4.78, 5) is 8.50. The zero-order chi connectivity index (χ0) is 28.2. The number of nitrogens with zero attached hydrogens (tertiary/aromatic N) is 4. The summed E-state index contributed by atoms with van der Waals surface area (Å²) in [6.45, 7) is 6.36. The van der Waals surface area contributed by atoms with E-state index < -0.39 is 0 Å². The Labute approximate surface area is 295 Å². The van der Waals surface area contributed by atoms with Crippen LogP contribution < -0.4 is 19.6 Å². The van der Waals surface area contributed by atoms with E-state index in [4.69, 9.17) is 0 Å². The van der Waals surface area contributed by atoms with Gasteiger partial charge in [0.1, 0.15) is 0 Å². The van der Waals surface area contributed by atoms with Crippen molar-refractivity contribution >= 4 is 22.7 Å². The van der Waals surface area contributed by atoms with Crippen molar-refractivity contribution in [3.05, 3.63) is 121 Å². The fraction of sp³-hybridized carbons (Fsp3) is 0.294. The molecule has 0 unspecified atom stereocenters. The van der Waals surface area contributed by atoms with Gasteiger partial charge in [-0.05, 0) is 13.8 Å². The van der Waals surface area contributed by atoms with E-state index in [9.17, 15) is 0 Å². The minimum absolute atomic E-state index is 0. The molecule has 0 saturated heterocycles. The van der Waals surface area contributed by atoms with Crippen LogP contribution in [0.1, 0.15) is 13.8 Å². The smallest absolute Gasteiger partial charge is 0.0124 e. The van der Waals surface area contributed by atoms with E-state index >= 15 is 0 Å². The van der Waals surface area contributed by atoms with Crippen LogP contribution >= 0.6 is 0 Å². The second kappa shape index (κ2) is 25.0. The maximum atomic E-state index is 2.99. The van der Waals surface area contributed by atoms with Crippen molar-refractivity contribution in [3.63, 3.8) is 0 Å². The predicted octanol–water partition coefficient (Wildman–Crippen LogP) is 6.99. The van der Waals surface area contributed by atoms with Gasteiger partial charge in [-0.1, -0.05) is 22.7 Å². The molecule has 0 bridgehead atoms. The first-order valence-corrected chi connectivity index (χ1v) is 12.9. The van der Waals surface area contributed by atoms with Crippen molar-refractivity contribution in [1.29, 1.82) is 0 Å². The number of benzene rings is 4. The maximum absolute atomic E-state index is 2.99. The minimum atomic E-state index is 0. The van der Waals surface area contributed by atoms with E-state index in [0.29, 0.717) is 0 Å². The molecule has 0 saturated carbocycles. The second-order valence-corrected chi connectivity index (χ2v) is 8.85. The molecule has 0 amide bonds. The van der Waals surface area contributed by atoms with Gasteiger partial charge in [0, 0.05) is 121 Å². The molecule has 0 heterocycles. The van der Waals surface area contributed by atoms with Crippen molar-refractivity contribution in [3.8, 4) is 0 Å². The average Bonchev–Trinajstić information content (AvgIpc) is 2.99. The first kappa shape index (κ1) is 40.4. The molecule has 0 aromatic heterocycles. The monoisotopic (exact) mass is 686 g/mol. The Balaban J connectivity index is 0. The van der Waals surface area contributed by atoms with Gasteiger partial charge in [0.2, 0.25) is 0 Å². The molecule has 4 rings (SSSR count). The third kappa shape index (κ3) is 17.9. The quantitative estimate of drug-likeness (QED) is 0.203. The van der Waals surface area contributed by atoms with Gasteiger partial charge in [-0.15, -0.1) is 48.5 Å². The van der Waals surface area contributed by atoms with Crippen molar-refractivity contribution in [2.75, 3.05) is 75.0 Å². The third-order valence-corrected chi connectivity index (χ3v) is 5.67. The third-order valence-electron chi connectivity index (χ3n) is 5.67. The molecule has 6 heteroatoms. The summed E-state index contributed by atoms with van der Waals surface area (Å²) < 4.78 is 0. The van der Waals surface area contributed by atoms with Crippen LogP contribution in [0.3, 0.4) is 0 Å². The molecule has 0 aliphatic heterocycles. The van der Waals surface area contributed by atoms with Gasteiger partial charge in [0.25, 0.3) is 0 Å². The van der Waals surface area contributed by atoms with E-state index in [1.165, 1.54) is 22.7 Å². The van der Waals surface area contributed by atoms with Crippen molar-refractivity contribution in [1.82, 2.24) is 0 Å². The predicted molar refractivity (Wildman–Crippen MR) is 168 cm³/mol. The van der Waals surface area contributed by atoms with Crippen molar-refractivity contribution in [2.45, 2.75) is 13.8 Å². The van der Waals surface area contributed by atoms with Crippen LogP contribution in [0.5, 0.6) is 0 Å². The molecule has 0 fully saturated rings. The number of anilines is 4. The summed E-state index contributed by atoms with van der Waals surface area (Å²) in [7, 11) is 12.2. The van der Waals surface area contributed by atoms with Gasteiger partial charge < -0.3 is 19.6 Å². The van der Waals surface area contributed by atoms with Gasteiger partial charge >= 0.3 is 0 Å². The Morgan fingerprint density at radius 1 is 0.400 bits per heavy atom. The molecule has 40 heavy (non-hydrogen) atoms. The normalized spacial score (nSPS) is 8.80. The summed E-state index contributed by atoms with van der Waals surface area (Å²) in [6, 6.07) is 43.6. The Hall–Kier alpha value is -1.71. The van der Waals surface area contributed by atoms with Crippen LogP contribution in [0, 0.1) is 24.3 Å². The number of rotatable bonds is 6. The van der Waals surface area contributed by atoms with Crippen molar-refractivity contribution in [2.24, 2.45) is 0 Å². The molecular formula is C34H44N4Y2-4. The van der Waals surface area contributed by atoms with Crippen LogP contribution in [-0.2, 0) is 65.4 Å². The minimum Gasteiger partial charge on any atom is -0.399 e. The van der Waals surface area contributed by atoms with E-state index in [1.54, 1.807) is 0 Å². The van der Waals surface area contributed by atoms with Crippen LogP contribution in [0.25, 0.3) is 0 Å². The molecule has 0 atom stereocenters. The molecule has 2 radical (unpaired) electrons. The van der Waals surface area contributed by atoms with Crippen LogP contribution in [0.2, 0.25) is 0 Å². The first-order chi connectivity index (χ1) is 18.3. The standard InChI is InChI=1S/2C9H12N.2C8H10N.2Y/c2*1-3-10(2)9-7-5-4-6-8-9;2*1-9(2)8-6-4-3-5-7-8;;/h2*5-8H,3H2,1-2H3;2*4-7H,1-2H3;;/q4*-1;;. The van der Waals surface area contributed by atoms with Crippen molar-refractivity contribution < 1.29 is 65.4 Å². The molecule has 0 aliphatic rings. The van der Waals surface area contributed by atoms with E-state index in [0.717, 1.165) is 13.1 Å². The molecule has 0 aliphatic carbocycles. The number of hydrogen-bond donors (Lipinski definition) is 0. The molecule has 4 nitrogen and oxygen atoms in total. The molecular weight excluding hydrogens is 642 g/mol. The summed E-state index contributed by atoms with van der Waals surface area (Å²) in [5.74, 6) is 0.